The predicted octanol–water partition coefficient (Wildman–Crippen LogP) is 3.51. The summed E-state index contributed by atoms with van der Waals surface area (Å²) in [6.45, 7) is 2.64. The zero-order valence-electron chi connectivity index (χ0n) is 11.6. The van der Waals surface area contributed by atoms with E-state index < -0.39 is 17.4 Å². The smallest absolute Gasteiger partial charge is 0.417 e. The van der Waals surface area contributed by atoms with Crippen LogP contribution in [0.4, 0.5) is 18.9 Å². The minimum Gasteiger partial charge on any atom is -0.423 e. The Balaban J connectivity index is 2.39. The summed E-state index contributed by atoms with van der Waals surface area (Å²) >= 11 is 5.04. The largest absolute Gasteiger partial charge is 0.423 e. The molecule has 0 aliphatic rings. The fraction of sp³-hybridized carbons (Fsp3) is 0.286. The lowest BCUT2D eigenvalue weighted by Crippen LogP contribution is -2.28. The molecule has 0 atom stereocenters. The third-order valence-corrected chi connectivity index (χ3v) is 3.09. The van der Waals surface area contributed by atoms with E-state index in [2.05, 4.69) is 10.6 Å². The highest BCUT2D eigenvalue weighted by atomic mass is 32.1. The van der Waals surface area contributed by atoms with Gasteiger partial charge in [0.05, 0.1) is 5.56 Å². The molecule has 0 aliphatic heterocycles. The van der Waals surface area contributed by atoms with Gasteiger partial charge in [-0.15, -0.1) is 0 Å². The van der Waals surface area contributed by atoms with E-state index in [9.17, 15) is 18.0 Å². The summed E-state index contributed by atoms with van der Waals surface area (Å²) in [5, 5.41) is 5.91. The highest BCUT2D eigenvalue weighted by Crippen LogP contribution is 2.34. The second-order valence-corrected chi connectivity index (χ2v) is 4.98. The molecule has 4 nitrogen and oxygen atoms in total. The SMILES string of the molecule is CCCNC(=S)Nc1ccc2c(C(F)(F)F)cc(=O)oc2c1. The molecule has 1 aromatic heterocycles. The third-order valence-electron chi connectivity index (χ3n) is 2.84. The summed E-state index contributed by atoms with van der Waals surface area (Å²) in [5.41, 5.74) is -1.78. The molecule has 0 saturated heterocycles. The molecule has 0 spiro atoms. The molecular formula is C14H13F3N2O2S. The van der Waals surface area contributed by atoms with Gasteiger partial charge in [0.2, 0.25) is 0 Å². The number of alkyl halides is 3. The molecule has 0 unspecified atom stereocenters. The standard InChI is InChI=1S/C14H13F3N2O2S/c1-2-5-18-13(22)19-8-3-4-9-10(14(15,16)17)7-12(20)21-11(9)6-8/h3-4,6-7H,2,5H2,1H3,(H2,18,19,22). The number of thiocarbonyl (C=S) groups is 1. The number of benzene rings is 1. The fourth-order valence-electron chi connectivity index (χ4n) is 1.89. The van der Waals surface area contributed by atoms with Crippen LogP contribution in [0.15, 0.2) is 33.5 Å². The Morgan fingerprint density at radius 3 is 2.68 bits per heavy atom. The molecule has 2 aromatic rings. The highest BCUT2D eigenvalue weighted by molar-refractivity contribution is 7.80. The van der Waals surface area contributed by atoms with Gasteiger partial charge in [-0.25, -0.2) is 4.79 Å². The number of anilines is 1. The Hall–Kier alpha value is -2.09. The molecule has 8 heteroatoms. The highest BCUT2D eigenvalue weighted by Gasteiger charge is 2.33. The van der Waals surface area contributed by atoms with Crippen molar-refractivity contribution in [1.29, 1.82) is 0 Å². The van der Waals surface area contributed by atoms with Crippen LogP contribution in [-0.2, 0) is 6.18 Å². The maximum Gasteiger partial charge on any atom is 0.417 e. The van der Waals surface area contributed by atoms with Crippen LogP contribution in [0.3, 0.4) is 0 Å². The van der Waals surface area contributed by atoms with Crippen molar-refractivity contribution in [1.82, 2.24) is 5.32 Å². The van der Waals surface area contributed by atoms with E-state index in [0.29, 0.717) is 23.4 Å². The van der Waals surface area contributed by atoms with Crippen LogP contribution < -0.4 is 16.3 Å². The van der Waals surface area contributed by atoms with E-state index in [0.717, 1.165) is 6.42 Å². The topological polar surface area (TPSA) is 54.3 Å². The molecule has 2 N–H and O–H groups in total. The van der Waals surface area contributed by atoms with E-state index >= 15 is 0 Å². The summed E-state index contributed by atoms with van der Waals surface area (Å²) in [5.74, 6) is 0. The van der Waals surface area contributed by atoms with Gasteiger partial charge in [-0.05, 0) is 30.8 Å². The number of rotatable bonds is 3. The van der Waals surface area contributed by atoms with Gasteiger partial charge in [-0.3, -0.25) is 0 Å². The number of halogens is 3. The maximum atomic E-state index is 12.9. The molecule has 2 rings (SSSR count). The van der Waals surface area contributed by atoms with Crippen molar-refractivity contribution in [3.63, 3.8) is 0 Å². The van der Waals surface area contributed by atoms with Gasteiger partial charge in [-0.1, -0.05) is 6.92 Å². The Bertz CT molecular complexity index is 756. The summed E-state index contributed by atoms with van der Waals surface area (Å²) in [6.07, 6.45) is -3.75. The van der Waals surface area contributed by atoms with E-state index in [-0.39, 0.29) is 11.0 Å². The Morgan fingerprint density at radius 1 is 1.32 bits per heavy atom. The van der Waals surface area contributed by atoms with Crippen molar-refractivity contribution in [3.8, 4) is 0 Å². The molecule has 22 heavy (non-hydrogen) atoms. The van der Waals surface area contributed by atoms with Gasteiger partial charge in [0.15, 0.2) is 5.11 Å². The average molecular weight is 330 g/mol. The van der Waals surface area contributed by atoms with Crippen LogP contribution in [0.2, 0.25) is 0 Å². The molecule has 1 aromatic carbocycles. The summed E-state index contributed by atoms with van der Waals surface area (Å²) in [7, 11) is 0. The van der Waals surface area contributed by atoms with Gasteiger partial charge < -0.3 is 15.1 Å². The first-order chi connectivity index (χ1) is 10.3. The van der Waals surface area contributed by atoms with Crippen molar-refractivity contribution in [2.24, 2.45) is 0 Å². The predicted molar refractivity (Wildman–Crippen MR) is 82.0 cm³/mol. The second-order valence-electron chi connectivity index (χ2n) is 4.57. The number of fused-ring (bicyclic) bond motifs is 1. The maximum absolute atomic E-state index is 12.9. The van der Waals surface area contributed by atoms with Crippen molar-refractivity contribution in [2.75, 3.05) is 11.9 Å². The van der Waals surface area contributed by atoms with Crippen molar-refractivity contribution >= 4 is 34.0 Å². The minimum atomic E-state index is -4.62. The molecule has 0 amide bonds. The van der Waals surface area contributed by atoms with E-state index in [1.807, 2.05) is 6.92 Å². The molecular weight excluding hydrogens is 317 g/mol. The number of hydrogen-bond acceptors (Lipinski definition) is 3. The minimum absolute atomic E-state index is 0.150. The van der Waals surface area contributed by atoms with Crippen LogP contribution in [0.25, 0.3) is 11.0 Å². The quantitative estimate of drug-likeness (QED) is 0.666. The first kappa shape index (κ1) is 16.3. The van der Waals surface area contributed by atoms with Crippen LogP contribution in [0.1, 0.15) is 18.9 Å². The summed E-state index contributed by atoms with van der Waals surface area (Å²) < 4.78 is 43.6. The molecule has 1 heterocycles. The molecule has 0 bridgehead atoms. The van der Waals surface area contributed by atoms with Gasteiger partial charge in [-0.2, -0.15) is 13.2 Å². The van der Waals surface area contributed by atoms with Crippen LogP contribution in [0, 0.1) is 0 Å². The molecule has 0 radical (unpaired) electrons. The second kappa shape index (κ2) is 6.35. The summed E-state index contributed by atoms with van der Waals surface area (Å²) in [4.78, 5) is 11.3. The van der Waals surface area contributed by atoms with Crippen molar-refractivity contribution in [3.05, 3.63) is 40.2 Å². The van der Waals surface area contributed by atoms with E-state index in [4.69, 9.17) is 16.6 Å². The van der Waals surface area contributed by atoms with Gasteiger partial charge in [0, 0.05) is 29.8 Å². The molecule has 0 aliphatic carbocycles. The lowest BCUT2D eigenvalue weighted by Gasteiger charge is -2.12. The monoisotopic (exact) mass is 330 g/mol. The fourth-order valence-corrected chi connectivity index (χ4v) is 2.11. The van der Waals surface area contributed by atoms with Crippen molar-refractivity contribution < 1.29 is 17.6 Å². The lowest BCUT2D eigenvalue weighted by molar-refractivity contribution is -0.136. The van der Waals surface area contributed by atoms with Crippen molar-refractivity contribution in [2.45, 2.75) is 19.5 Å². The van der Waals surface area contributed by atoms with Crippen LogP contribution >= 0.6 is 12.2 Å². The van der Waals surface area contributed by atoms with Crippen LogP contribution in [0.5, 0.6) is 0 Å². The first-order valence-electron chi connectivity index (χ1n) is 6.51. The third kappa shape index (κ3) is 3.76. The first-order valence-corrected chi connectivity index (χ1v) is 6.92. The van der Waals surface area contributed by atoms with Crippen LogP contribution in [-0.4, -0.2) is 11.7 Å². The zero-order chi connectivity index (χ0) is 16.3. The number of nitrogens with one attached hydrogen (secondary N) is 2. The molecule has 118 valence electrons. The molecule has 0 fully saturated rings. The van der Waals surface area contributed by atoms with Gasteiger partial charge >= 0.3 is 11.8 Å². The zero-order valence-corrected chi connectivity index (χ0v) is 12.4. The Morgan fingerprint density at radius 2 is 2.05 bits per heavy atom. The Kier molecular flexibility index (Phi) is 4.70. The summed E-state index contributed by atoms with van der Waals surface area (Å²) in [6, 6.07) is 4.44. The average Bonchev–Trinajstić information content (AvgIpc) is 2.42. The van der Waals surface area contributed by atoms with Gasteiger partial charge in [0.25, 0.3) is 0 Å². The number of hydrogen-bond donors (Lipinski definition) is 2. The lowest BCUT2D eigenvalue weighted by atomic mass is 10.1. The van der Waals surface area contributed by atoms with E-state index in [1.165, 1.54) is 18.2 Å². The normalized spacial score (nSPS) is 11.5. The Labute approximate surface area is 129 Å². The van der Waals surface area contributed by atoms with Gasteiger partial charge in [0.1, 0.15) is 5.58 Å². The molecule has 0 saturated carbocycles. The van der Waals surface area contributed by atoms with E-state index in [1.54, 1.807) is 0 Å².